The third-order valence-electron chi connectivity index (χ3n) is 6.95. The number of carbonyl (C=O) groups is 2. The topological polar surface area (TPSA) is 86.8 Å². The maximum absolute atomic E-state index is 14.5. The van der Waals surface area contributed by atoms with Crippen LogP contribution in [-0.4, -0.2) is 43.8 Å². The number of halogens is 2. The van der Waals surface area contributed by atoms with E-state index >= 15 is 0 Å². The van der Waals surface area contributed by atoms with Gasteiger partial charge in [0.2, 0.25) is 11.8 Å². The fourth-order valence-corrected chi connectivity index (χ4v) is 6.75. The summed E-state index contributed by atoms with van der Waals surface area (Å²) in [5.74, 6) is -0.926. The Morgan fingerprint density at radius 3 is 2.07 bits per heavy atom. The number of nitrogens with one attached hydrogen (secondary N) is 1. The molecule has 0 aliphatic carbocycles. The second-order valence-corrected chi connectivity index (χ2v) is 13.4. The first-order valence-electron chi connectivity index (χ1n) is 14.2. The largest absolute Gasteiger partial charge is 0.352 e. The predicted octanol–water partition coefficient (Wildman–Crippen LogP) is 6.66. The van der Waals surface area contributed by atoms with Crippen LogP contribution < -0.4 is 9.62 Å². The number of sulfonamides is 1. The van der Waals surface area contributed by atoms with Gasteiger partial charge in [0.1, 0.15) is 12.6 Å². The molecule has 0 aromatic heterocycles. The van der Waals surface area contributed by atoms with E-state index in [1.54, 1.807) is 30.3 Å². The molecule has 0 radical (unpaired) electrons. The molecule has 10 heteroatoms. The second-order valence-electron chi connectivity index (χ2n) is 10.8. The number of rotatable bonds is 12. The van der Waals surface area contributed by atoms with Gasteiger partial charge in [0.15, 0.2) is 0 Å². The second kappa shape index (κ2) is 14.8. The van der Waals surface area contributed by atoms with E-state index in [9.17, 15) is 18.0 Å². The lowest BCUT2D eigenvalue weighted by molar-refractivity contribution is -0.140. The highest BCUT2D eigenvalue weighted by Crippen LogP contribution is 2.35. The summed E-state index contributed by atoms with van der Waals surface area (Å²) in [6.45, 7) is 5.09. The van der Waals surface area contributed by atoms with Crippen molar-refractivity contribution < 1.29 is 18.0 Å². The molecule has 0 aliphatic rings. The first-order valence-corrected chi connectivity index (χ1v) is 16.4. The van der Waals surface area contributed by atoms with Gasteiger partial charge in [0.05, 0.1) is 20.6 Å². The Morgan fingerprint density at radius 1 is 0.818 bits per heavy atom. The highest BCUT2D eigenvalue weighted by molar-refractivity contribution is 7.92. The van der Waals surface area contributed by atoms with Gasteiger partial charge in [0.25, 0.3) is 10.0 Å². The average molecular weight is 653 g/mol. The van der Waals surface area contributed by atoms with Gasteiger partial charge in [-0.25, -0.2) is 8.42 Å². The van der Waals surface area contributed by atoms with Crippen molar-refractivity contribution in [3.8, 4) is 0 Å². The summed E-state index contributed by atoms with van der Waals surface area (Å²) in [5, 5.41) is 3.08. The Labute approximate surface area is 269 Å². The molecule has 0 bridgehead atoms. The van der Waals surface area contributed by atoms with Gasteiger partial charge in [-0.1, -0.05) is 108 Å². The minimum atomic E-state index is -4.28. The van der Waals surface area contributed by atoms with E-state index in [0.717, 1.165) is 21.0 Å². The molecule has 0 spiro atoms. The number of nitrogens with zero attached hydrogens (tertiary/aromatic N) is 2. The van der Waals surface area contributed by atoms with Crippen molar-refractivity contribution in [3.05, 3.63) is 130 Å². The van der Waals surface area contributed by atoms with E-state index in [1.807, 2.05) is 75.4 Å². The summed E-state index contributed by atoms with van der Waals surface area (Å²) in [5.41, 5.74) is 2.69. The summed E-state index contributed by atoms with van der Waals surface area (Å²) in [6, 6.07) is 28.3. The molecule has 4 aromatic carbocycles. The standard InChI is InChI=1S/C34H35Cl2N3O4S/c1-24(2)37-34(41)31(21-26-13-6-4-7-14-26)38(22-27-15-10-12-25(3)20-27)32(40)23-39(30-19-11-18-29(35)33(30)36)44(42,43)28-16-8-5-9-17-28/h4-20,24,31H,21-23H2,1-3H3,(H,37,41)/t31-/m0/s1. The normalized spacial score (nSPS) is 12.0. The quantitative estimate of drug-likeness (QED) is 0.186. The van der Waals surface area contributed by atoms with Crippen LogP contribution in [0.25, 0.3) is 0 Å². The fourth-order valence-electron chi connectivity index (χ4n) is 4.86. The number of amides is 2. The van der Waals surface area contributed by atoms with E-state index in [0.29, 0.717) is 0 Å². The highest BCUT2D eigenvalue weighted by atomic mass is 35.5. The smallest absolute Gasteiger partial charge is 0.264 e. The summed E-state index contributed by atoms with van der Waals surface area (Å²) < 4.78 is 29.1. The molecule has 4 rings (SSSR count). The Kier molecular flexibility index (Phi) is 11.1. The van der Waals surface area contributed by atoms with Crippen LogP contribution >= 0.6 is 23.2 Å². The van der Waals surface area contributed by atoms with Crippen LogP contribution in [0, 0.1) is 6.92 Å². The van der Waals surface area contributed by atoms with Crippen molar-refractivity contribution in [2.24, 2.45) is 0 Å². The lowest BCUT2D eigenvalue weighted by Crippen LogP contribution is -2.54. The molecule has 0 fully saturated rings. The Morgan fingerprint density at radius 2 is 1.43 bits per heavy atom. The van der Waals surface area contributed by atoms with E-state index < -0.39 is 28.5 Å². The number of carbonyl (C=O) groups excluding carboxylic acids is 2. The highest BCUT2D eigenvalue weighted by Gasteiger charge is 2.35. The molecule has 0 heterocycles. The van der Waals surface area contributed by atoms with Crippen LogP contribution in [0.3, 0.4) is 0 Å². The SMILES string of the molecule is Cc1cccc(CN(C(=O)CN(c2cccc(Cl)c2Cl)S(=O)(=O)c2ccccc2)[C@@H](Cc2ccccc2)C(=O)NC(C)C)c1. The number of anilines is 1. The van der Waals surface area contributed by atoms with Crippen LogP contribution in [-0.2, 0) is 32.6 Å². The number of benzene rings is 4. The zero-order valence-electron chi connectivity index (χ0n) is 24.8. The molecule has 1 N–H and O–H groups in total. The van der Waals surface area contributed by atoms with E-state index in [1.165, 1.54) is 23.1 Å². The minimum absolute atomic E-state index is 0.00917. The van der Waals surface area contributed by atoms with Gasteiger partial charge in [-0.2, -0.15) is 0 Å². The number of hydrogen-bond acceptors (Lipinski definition) is 4. The molecule has 230 valence electrons. The van der Waals surface area contributed by atoms with Gasteiger partial charge < -0.3 is 10.2 Å². The molecule has 0 unspecified atom stereocenters. The molecule has 7 nitrogen and oxygen atoms in total. The lowest BCUT2D eigenvalue weighted by atomic mass is 10.0. The molecular formula is C34H35Cl2N3O4S. The van der Waals surface area contributed by atoms with Gasteiger partial charge in [0, 0.05) is 19.0 Å². The summed E-state index contributed by atoms with van der Waals surface area (Å²) in [4.78, 5) is 29.7. The van der Waals surface area contributed by atoms with Gasteiger partial charge >= 0.3 is 0 Å². The first kappa shape index (κ1) is 33.1. The minimum Gasteiger partial charge on any atom is -0.352 e. The van der Waals surface area contributed by atoms with Crippen molar-refractivity contribution >= 4 is 50.7 Å². The number of aryl methyl sites for hydroxylation is 1. The number of hydrogen-bond donors (Lipinski definition) is 1. The van der Waals surface area contributed by atoms with Gasteiger partial charge in [-0.3, -0.25) is 13.9 Å². The van der Waals surface area contributed by atoms with Gasteiger partial charge in [-0.05, 0) is 56.2 Å². The van der Waals surface area contributed by atoms with Crippen LogP contribution in [0.2, 0.25) is 10.0 Å². The van der Waals surface area contributed by atoms with E-state index in [2.05, 4.69) is 5.32 Å². The van der Waals surface area contributed by atoms with Crippen molar-refractivity contribution in [2.45, 2.75) is 50.7 Å². The zero-order chi connectivity index (χ0) is 31.9. The molecule has 0 saturated carbocycles. The van der Waals surface area contributed by atoms with Crippen LogP contribution in [0.5, 0.6) is 0 Å². The molecule has 0 aliphatic heterocycles. The Balaban J connectivity index is 1.83. The fraction of sp³-hybridized carbons (Fsp3) is 0.235. The maximum Gasteiger partial charge on any atom is 0.264 e. The van der Waals surface area contributed by atoms with Gasteiger partial charge in [-0.15, -0.1) is 0 Å². The van der Waals surface area contributed by atoms with Crippen LogP contribution in [0.4, 0.5) is 5.69 Å². The lowest BCUT2D eigenvalue weighted by Gasteiger charge is -2.34. The van der Waals surface area contributed by atoms with E-state index in [-0.39, 0.29) is 45.5 Å². The van der Waals surface area contributed by atoms with Crippen molar-refractivity contribution in [1.29, 1.82) is 0 Å². The molecule has 4 aromatic rings. The summed E-state index contributed by atoms with van der Waals surface area (Å²) in [6.07, 6.45) is 0.223. The monoisotopic (exact) mass is 651 g/mol. The summed E-state index contributed by atoms with van der Waals surface area (Å²) in [7, 11) is -4.28. The van der Waals surface area contributed by atoms with Crippen molar-refractivity contribution in [2.75, 3.05) is 10.8 Å². The third-order valence-corrected chi connectivity index (χ3v) is 9.53. The maximum atomic E-state index is 14.5. The molecule has 2 amide bonds. The molecule has 44 heavy (non-hydrogen) atoms. The molecular weight excluding hydrogens is 617 g/mol. The van der Waals surface area contributed by atoms with Crippen molar-refractivity contribution in [1.82, 2.24) is 10.2 Å². The van der Waals surface area contributed by atoms with Crippen LogP contribution in [0.15, 0.2) is 108 Å². The van der Waals surface area contributed by atoms with E-state index in [4.69, 9.17) is 23.2 Å². The zero-order valence-corrected chi connectivity index (χ0v) is 27.1. The Hall–Kier alpha value is -3.85. The van der Waals surface area contributed by atoms with Crippen LogP contribution in [0.1, 0.15) is 30.5 Å². The average Bonchev–Trinajstić information content (AvgIpc) is 2.99. The summed E-state index contributed by atoms with van der Waals surface area (Å²) >= 11 is 12.8. The third kappa shape index (κ3) is 8.20. The van der Waals surface area contributed by atoms with Crippen molar-refractivity contribution in [3.63, 3.8) is 0 Å². The Bertz CT molecular complexity index is 1700. The first-order chi connectivity index (χ1) is 21.0. The molecule has 1 atom stereocenters. The molecule has 0 saturated heterocycles. The predicted molar refractivity (Wildman–Crippen MR) is 176 cm³/mol.